The Morgan fingerprint density at radius 1 is 1.37 bits per heavy atom. The molecule has 1 atom stereocenters. The third-order valence-electron chi connectivity index (χ3n) is 4.69. The Morgan fingerprint density at radius 2 is 2.15 bits per heavy atom. The fraction of sp³-hybridized carbons (Fsp3) is 0.368. The minimum atomic E-state index is -0.349. The standard InChI is InChI=1S/C19H24N8/c1-23-10-13(9-20)17-8-14(15(21)11-26-17)18(22)16-4-7-25-19(27-16)12-2-5-24-6-3-12/h4,7-13,20,22,24H,2-3,5-6,21H2,1H3. The van der Waals surface area contributed by atoms with Crippen molar-refractivity contribution in [3.8, 4) is 0 Å². The van der Waals surface area contributed by atoms with E-state index in [-0.39, 0.29) is 11.6 Å². The van der Waals surface area contributed by atoms with Gasteiger partial charge in [-0.25, -0.2) is 9.97 Å². The van der Waals surface area contributed by atoms with Crippen LogP contribution in [0.1, 0.15) is 47.5 Å². The van der Waals surface area contributed by atoms with Gasteiger partial charge in [0.05, 0.1) is 34.9 Å². The molecule has 0 spiro atoms. The molecule has 0 aromatic carbocycles. The molecule has 3 rings (SSSR count). The number of nitrogens with one attached hydrogen (secondary N) is 3. The minimum absolute atomic E-state index is 0.228. The first-order chi connectivity index (χ1) is 13.1. The second-order valence-corrected chi connectivity index (χ2v) is 6.50. The lowest BCUT2D eigenvalue weighted by atomic mass is 9.96. The van der Waals surface area contributed by atoms with E-state index in [1.54, 1.807) is 31.6 Å². The fourth-order valence-corrected chi connectivity index (χ4v) is 3.17. The van der Waals surface area contributed by atoms with Crippen LogP contribution in [0.25, 0.3) is 0 Å². The number of rotatable bonds is 6. The van der Waals surface area contributed by atoms with Gasteiger partial charge >= 0.3 is 0 Å². The van der Waals surface area contributed by atoms with Crippen molar-refractivity contribution in [2.75, 3.05) is 25.9 Å². The van der Waals surface area contributed by atoms with Gasteiger partial charge in [0.2, 0.25) is 0 Å². The van der Waals surface area contributed by atoms with E-state index in [2.05, 4.69) is 25.3 Å². The van der Waals surface area contributed by atoms with Crippen molar-refractivity contribution in [3.63, 3.8) is 0 Å². The molecule has 0 saturated carbocycles. The first kappa shape index (κ1) is 18.8. The third kappa shape index (κ3) is 4.22. The molecule has 27 heavy (non-hydrogen) atoms. The van der Waals surface area contributed by atoms with Crippen LogP contribution < -0.4 is 11.1 Å². The van der Waals surface area contributed by atoms with Gasteiger partial charge in [0.15, 0.2) is 0 Å². The Balaban J connectivity index is 1.92. The molecule has 1 aliphatic rings. The average molecular weight is 364 g/mol. The van der Waals surface area contributed by atoms with E-state index in [4.69, 9.17) is 16.6 Å². The number of hydrogen-bond acceptors (Lipinski definition) is 8. The molecule has 0 bridgehead atoms. The number of pyridine rings is 1. The van der Waals surface area contributed by atoms with Gasteiger partial charge in [-0.1, -0.05) is 0 Å². The number of anilines is 1. The highest BCUT2D eigenvalue weighted by Gasteiger charge is 2.20. The van der Waals surface area contributed by atoms with Crippen LogP contribution in [0, 0.1) is 10.8 Å². The van der Waals surface area contributed by atoms with E-state index >= 15 is 0 Å². The quantitative estimate of drug-likeness (QED) is 0.579. The van der Waals surface area contributed by atoms with Crippen LogP contribution in [0.5, 0.6) is 0 Å². The minimum Gasteiger partial charge on any atom is -0.397 e. The second kappa shape index (κ2) is 8.59. The Hall–Kier alpha value is -3.00. The Morgan fingerprint density at radius 3 is 2.85 bits per heavy atom. The first-order valence-corrected chi connectivity index (χ1v) is 8.95. The number of nitrogens with zero attached hydrogens (tertiary/aromatic N) is 4. The van der Waals surface area contributed by atoms with E-state index in [1.165, 1.54) is 12.4 Å². The summed E-state index contributed by atoms with van der Waals surface area (Å²) in [6.45, 7) is 1.92. The van der Waals surface area contributed by atoms with Crippen molar-refractivity contribution in [1.29, 1.82) is 10.8 Å². The van der Waals surface area contributed by atoms with Crippen LogP contribution in [0.15, 0.2) is 29.5 Å². The molecule has 2 aromatic heterocycles. The number of nitrogen functional groups attached to an aromatic ring is 1. The number of aliphatic imine (C=N–C) groups is 1. The summed E-state index contributed by atoms with van der Waals surface area (Å²) < 4.78 is 0. The molecular formula is C19H24N8. The highest BCUT2D eigenvalue weighted by molar-refractivity contribution is 6.12. The number of hydrogen-bond donors (Lipinski definition) is 4. The van der Waals surface area contributed by atoms with Gasteiger partial charge in [-0.15, -0.1) is 0 Å². The zero-order valence-corrected chi connectivity index (χ0v) is 15.3. The zero-order valence-electron chi connectivity index (χ0n) is 15.3. The zero-order chi connectivity index (χ0) is 19.2. The van der Waals surface area contributed by atoms with Gasteiger partial charge in [-0.2, -0.15) is 0 Å². The summed E-state index contributed by atoms with van der Waals surface area (Å²) in [4.78, 5) is 17.3. The maximum atomic E-state index is 8.62. The Kier molecular flexibility index (Phi) is 5.97. The van der Waals surface area contributed by atoms with Crippen molar-refractivity contribution in [2.45, 2.75) is 24.7 Å². The lowest BCUT2D eigenvalue weighted by Crippen LogP contribution is -2.27. The van der Waals surface area contributed by atoms with Crippen LogP contribution in [-0.4, -0.2) is 53.2 Å². The summed E-state index contributed by atoms with van der Waals surface area (Å²) in [5.41, 5.74) is 8.42. The predicted molar refractivity (Wildman–Crippen MR) is 107 cm³/mol. The molecule has 2 aromatic rings. The molecule has 0 radical (unpaired) electrons. The summed E-state index contributed by atoms with van der Waals surface area (Å²) >= 11 is 0. The maximum absolute atomic E-state index is 8.62. The normalized spacial score (nSPS) is 16.3. The van der Waals surface area contributed by atoms with Crippen molar-refractivity contribution >= 4 is 23.8 Å². The molecule has 0 amide bonds. The Labute approximate surface area is 158 Å². The van der Waals surface area contributed by atoms with Gasteiger partial charge in [0.25, 0.3) is 0 Å². The lowest BCUT2D eigenvalue weighted by molar-refractivity contribution is 0.444. The maximum Gasteiger partial charge on any atom is 0.132 e. The van der Waals surface area contributed by atoms with Crippen LogP contribution in [-0.2, 0) is 0 Å². The van der Waals surface area contributed by atoms with Gasteiger partial charge in [-0.3, -0.25) is 15.4 Å². The molecule has 1 saturated heterocycles. The number of aromatic nitrogens is 3. The molecule has 3 heterocycles. The number of piperidine rings is 1. The third-order valence-corrected chi connectivity index (χ3v) is 4.69. The molecular weight excluding hydrogens is 340 g/mol. The highest BCUT2D eigenvalue weighted by atomic mass is 14.9. The monoisotopic (exact) mass is 364 g/mol. The molecule has 0 aliphatic carbocycles. The summed E-state index contributed by atoms with van der Waals surface area (Å²) in [7, 11) is 1.65. The van der Waals surface area contributed by atoms with Crippen LogP contribution >= 0.6 is 0 Å². The van der Waals surface area contributed by atoms with E-state index in [9.17, 15) is 0 Å². The first-order valence-electron chi connectivity index (χ1n) is 8.95. The van der Waals surface area contributed by atoms with E-state index < -0.39 is 0 Å². The van der Waals surface area contributed by atoms with Crippen molar-refractivity contribution in [3.05, 3.63) is 47.3 Å². The van der Waals surface area contributed by atoms with Gasteiger partial charge in [0.1, 0.15) is 5.82 Å². The molecule has 8 heteroatoms. The van der Waals surface area contributed by atoms with E-state index in [0.717, 1.165) is 31.8 Å². The van der Waals surface area contributed by atoms with Crippen molar-refractivity contribution in [1.82, 2.24) is 20.3 Å². The lowest BCUT2D eigenvalue weighted by Gasteiger charge is -2.21. The van der Waals surface area contributed by atoms with E-state index in [1.807, 2.05) is 0 Å². The molecule has 5 N–H and O–H groups in total. The van der Waals surface area contributed by atoms with Crippen molar-refractivity contribution in [2.24, 2.45) is 4.99 Å². The van der Waals surface area contributed by atoms with Crippen LogP contribution in [0.4, 0.5) is 5.69 Å². The molecule has 140 valence electrons. The Bertz CT molecular complexity index is 855. The SMILES string of the molecule is CN=CC(C=N)c1cc(C(=N)c2ccnc(C3CCNCC3)n2)c(N)cn1. The van der Waals surface area contributed by atoms with Gasteiger partial charge in [-0.05, 0) is 38.1 Å². The van der Waals surface area contributed by atoms with Crippen LogP contribution in [0.3, 0.4) is 0 Å². The van der Waals surface area contributed by atoms with E-state index in [0.29, 0.717) is 28.6 Å². The average Bonchev–Trinajstić information content (AvgIpc) is 2.73. The topological polar surface area (TPSA) is 137 Å². The fourth-order valence-electron chi connectivity index (χ4n) is 3.17. The molecule has 1 unspecified atom stereocenters. The van der Waals surface area contributed by atoms with Gasteiger partial charge in [0, 0.05) is 37.2 Å². The summed E-state index contributed by atoms with van der Waals surface area (Å²) in [6.07, 6.45) is 8.12. The largest absolute Gasteiger partial charge is 0.397 e. The number of nitrogens with two attached hydrogens (primary N) is 1. The molecule has 1 aliphatic heterocycles. The van der Waals surface area contributed by atoms with Gasteiger partial charge < -0.3 is 16.5 Å². The van der Waals surface area contributed by atoms with Crippen LogP contribution in [0.2, 0.25) is 0 Å². The summed E-state index contributed by atoms with van der Waals surface area (Å²) in [5, 5.41) is 19.5. The summed E-state index contributed by atoms with van der Waals surface area (Å²) in [5.74, 6) is 0.743. The highest BCUT2D eigenvalue weighted by Crippen LogP contribution is 2.23. The summed E-state index contributed by atoms with van der Waals surface area (Å²) in [6, 6.07) is 3.47. The predicted octanol–water partition coefficient (Wildman–Crippen LogP) is 1.77. The molecule has 1 fully saturated rings. The smallest absolute Gasteiger partial charge is 0.132 e. The van der Waals surface area contributed by atoms with Crippen molar-refractivity contribution < 1.29 is 0 Å². The second-order valence-electron chi connectivity index (χ2n) is 6.50. The molecule has 8 nitrogen and oxygen atoms in total.